The number of nitrogens with one attached hydrogen (secondary N) is 2. The normalized spacial score (nSPS) is 17.2. The Hall–Kier alpha value is -4.03. The van der Waals surface area contributed by atoms with Gasteiger partial charge in [0.15, 0.2) is 12.7 Å². The van der Waals surface area contributed by atoms with E-state index in [4.69, 9.17) is 4.74 Å². The number of ether oxygens (including phenoxy) is 1. The predicted molar refractivity (Wildman–Crippen MR) is 170 cm³/mol. The lowest BCUT2D eigenvalue weighted by Gasteiger charge is -2.33. The summed E-state index contributed by atoms with van der Waals surface area (Å²) >= 11 is 1.30. The van der Waals surface area contributed by atoms with Crippen LogP contribution < -0.4 is 15.4 Å². The molecule has 0 spiro atoms. The maximum absolute atomic E-state index is 13.8. The molecule has 1 heterocycles. The van der Waals surface area contributed by atoms with Crippen LogP contribution in [0.4, 0.5) is 13.2 Å². The molecule has 0 saturated carbocycles. The van der Waals surface area contributed by atoms with Crippen molar-refractivity contribution < 1.29 is 37.4 Å². The molecule has 46 heavy (non-hydrogen) atoms. The third-order valence-corrected chi connectivity index (χ3v) is 9.26. The Labute approximate surface area is 270 Å². The van der Waals surface area contributed by atoms with Crippen molar-refractivity contribution in [2.45, 2.75) is 69.8 Å². The number of halogens is 3. The molecule has 3 N–H and O–H groups in total. The lowest BCUT2D eigenvalue weighted by molar-refractivity contribution is -0.148. The molecule has 3 atom stereocenters. The molecule has 4 rings (SSSR count). The lowest BCUT2D eigenvalue weighted by atomic mass is 9.97. The molecule has 0 aromatic heterocycles. The maximum atomic E-state index is 13.8. The summed E-state index contributed by atoms with van der Waals surface area (Å²) in [5.74, 6) is -1.37. The number of amides is 3. The van der Waals surface area contributed by atoms with Gasteiger partial charge in [0.25, 0.3) is 11.8 Å². The van der Waals surface area contributed by atoms with Gasteiger partial charge in [0.05, 0.1) is 17.5 Å². The van der Waals surface area contributed by atoms with Crippen LogP contribution in [0.1, 0.15) is 41.7 Å². The van der Waals surface area contributed by atoms with Crippen LogP contribution >= 0.6 is 11.8 Å². The molecular formula is C34H38F3N3O5S. The molecule has 0 unspecified atom stereocenters. The van der Waals surface area contributed by atoms with E-state index in [1.54, 1.807) is 38.1 Å². The van der Waals surface area contributed by atoms with Gasteiger partial charge in [-0.25, -0.2) is 0 Å². The van der Waals surface area contributed by atoms with Crippen LogP contribution in [-0.2, 0) is 33.5 Å². The Morgan fingerprint density at radius 1 is 1.00 bits per heavy atom. The quantitative estimate of drug-likeness (QED) is 0.274. The molecular weight excluding hydrogens is 619 g/mol. The summed E-state index contributed by atoms with van der Waals surface area (Å²) in [5.41, 5.74) is 1.48. The van der Waals surface area contributed by atoms with Crippen LogP contribution in [-0.4, -0.2) is 63.1 Å². The van der Waals surface area contributed by atoms with Crippen LogP contribution in [0.3, 0.4) is 0 Å². The molecule has 1 saturated heterocycles. The number of aliphatic hydroxyl groups excluding tert-OH is 1. The van der Waals surface area contributed by atoms with Crippen LogP contribution in [0, 0.1) is 13.8 Å². The van der Waals surface area contributed by atoms with Crippen molar-refractivity contribution >= 4 is 29.5 Å². The van der Waals surface area contributed by atoms with E-state index in [-0.39, 0.29) is 24.5 Å². The van der Waals surface area contributed by atoms with Gasteiger partial charge in [-0.1, -0.05) is 66.7 Å². The van der Waals surface area contributed by atoms with Gasteiger partial charge in [0, 0.05) is 11.3 Å². The lowest BCUT2D eigenvalue weighted by Crippen LogP contribution is -2.59. The standard InChI is InChI=1S/C34H38F3N3O5S/c1-21-11-10-12-22(2)29(21)45-19-27(41)39-26(17-23-13-6-5-7-14-23)28(42)32(44)40-20-46-33(3,4)30(40)31(43)38-18-24-15-8-9-16-25(24)34(35,36)37/h5-16,26,28,30,42H,17-20H2,1-4H3,(H,38,43)(H,39,41)/t26-,28-,30+/m0/s1. The second-order valence-corrected chi connectivity index (χ2v) is 13.4. The summed E-state index contributed by atoms with van der Waals surface area (Å²) < 4.78 is 45.5. The SMILES string of the molecule is Cc1cccc(C)c1OCC(=O)N[C@@H](Cc1ccccc1)[C@H](O)C(=O)N1CSC(C)(C)[C@H]1C(=O)NCc1ccccc1C(F)(F)F. The Balaban J connectivity index is 1.51. The molecule has 1 fully saturated rings. The van der Waals surface area contributed by atoms with Gasteiger partial charge in [0.1, 0.15) is 11.8 Å². The fraction of sp³-hybridized carbons (Fsp3) is 0.382. The van der Waals surface area contributed by atoms with Gasteiger partial charge in [-0.3, -0.25) is 14.4 Å². The zero-order valence-corrected chi connectivity index (χ0v) is 26.9. The minimum absolute atomic E-state index is 0.0573. The van der Waals surface area contributed by atoms with Crippen LogP contribution in [0.5, 0.6) is 5.75 Å². The van der Waals surface area contributed by atoms with Gasteiger partial charge in [-0.05, 0) is 62.4 Å². The molecule has 0 bridgehead atoms. The summed E-state index contributed by atoms with van der Waals surface area (Å²) in [5, 5.41) is 16.7. The number of thioether (sulfide) groups is 1. The highest BCUT2D eigenvalue weighted by molar-refractivity contribution is 8.00. The Kier molecular flexibility index (Phi) is 11.1. The second kappa shape index (κ2) is 14.6. The third kappa shape index (κ3) is 8.41. The fourth-order valence-corrected chi connectivity index (χ4v) is 6.65. The number of aliphatic hydroxyl groups is 1. The minimum Gasteiger partial charge on any atom is -0.483 e. The zero-order valence-electron chi connectivity index (χ0n) is 26.1. The van der Waals surface area contributed by atoms with Crippen molar-refractivity contribution in [3.63, 3.8) is 0 Å². The molecule has 1 aliphatic heterocycles. The second-order valence-electron chi connectivity index (χ2n) is 11.8. The zero-order chi connectivity index (χ0) is 33.6. The van der Waals surface area contributed by atoms with Crippen molar-refractivity contribution in [3.05, 3.63) is 101 Å². The number of rotatable bonds is 11. The van der Waals surface area contributed by atoms with E-state index in [2.05, 4.69) is 10.6 Å². The van der Waals surface area contributed by atoms with Gasteiger partial charge >= 0.3 is 6.18 Å². The molecule has 246 valence electrons. The largest absolute Gasteiger partial charge is 0.483 e. The molecule has 3 amide bonds. The van der Waals surface area contributed by atoms with Crippen molar-refractivity contribution in [1.29, 1.82) is 0 Å². The first kappa shape index (κ1) is 34.8. The number of nitrogens with zero attached hydrogens (tertiary/aromatic N) is 1. The Bertz CT molecular complexity index is 1530. The highest BCUT2D eigenvalue weighted by atomic mass is 32.2. The molecule has 3 aromatic carbocycles. The number of hydrogen-bond acceptors (Lipinski definition) is 6. The molecule has 3 aromatic rings. The summed E-state index contributed by atoms with van der Waals surface area (Å²) in [4.78, 5) is 41.6. The van der Waals surface area contributed by atoms with E-state index in [9.17, 15) is 32.7 Å². The van der Waals surface area contributed by atoms with E-state index < -0.39 is 58.9 Å². The number of carbonyl (C=O) groups excluding carboxylic acids is 3. The molecule has 0 aliphatic carbocycles. The van der Waals surface area contributed by atoms with Gasteiger partial charge in [-0.2, -0.15) is 13.2 Å². The van der Waals surface area contributed by atoms with Gasteiger partial charge < -0.3 is 25.4 Å². The predicted octanol–water partition coefficient (Wildman–Crippen LogP) is 4.79. The van der Waals surface area contributed by atoms with E-state index in [1.807, 2.05) is 38.1 Å². The smallest absolute Gasteiger partial charge is 0.416 e. The van der Waals surface area contributed by atoms with E-state index in [0.717, 1.165) is 22.8 Å². The van der Waals surface area contributed by atoms with Crippen LogP contribution in [0.25, 0.3) is 0 Å². The minimum atomic E-state index is -4.60. The highest BCUT2D eigenvalue weighted by Gasteiger charge is 2.50. The summed E-state index contributed by atoms with van der Waals surface area (Å²) in [6.07, 6.45) is -6.23. The van der Waals surface area contributed by atoms with E-state index >= 15 is 0 Å². The fourth-order valence-electron chi connectivity index (χ4n) is 5.51. The maximum Gasteiger partial charge on any atom is 0.416 e. The summed E-state index contributed by atoms with van der Waals surface area (Å²) in [6, 6.07) is 17.4. The number of para-hydroxylation sites is 1. The third-order valence-electron chi connectivity index (χ3n) is 7.89. The number of aryl methyl sites for hydroxylation is 2. The molecule has 8 nitrogen and oxygen atoms in total. The van der Waals surface area contributed by atoms with E-state index in [0.29, 0.717) is 5.75 Å². The van der Waals surface area contributed by atoms with Gasteiger partial charge in [0.2, 0.25) is 5.91 Å². The first-order valence-electron chi connectivity index (χ1n) is 14.8. The molecule has 1 aliphatic rings. The molecule has 0 radical (unpaired) electrons. The van der Waals surface area contributed by atoms with Gasteiger partial charge in [-0.15, -0.1) is 11.8 Å². The first-order valence-corrected chi connectivity index (χ1v) is 15.7. The monoisotopic (exact) mass is 657 g/mol. The first-order chi connectivity index (χ1) is 21.7. The average Bonchev–Trinajstić information content (AvgIpc) is 3.33. The highest BCUT2D eigenvalue weighted by Crippen LogP contribution is 2.40. The van der Waals surface area contributed by atoms with E-state index in [1.165, 1.54) is 34.9 Å². The van der Waals surface area contributed by atoms with Crippen molar-refractivity contribution in [1.82, 2.24) is 15.5 Å². The number of carbonyl (C=O) groups is 3. The number of alkyl halides is 3. The van der Waals surface area contributed by atoms with Crippen molar-refractivity contribution in [2.75, 3.05) is 12.5 Å². The summed E-state index contributed by atoms with van der Waals surface area (Å²) in [7, 11) is 0. The topological polar surface area (TPSA) is 108 Å². The van der Waals surface area contributed by atoms with Crippen LogP contribution in [0.15, 0.2) is 72.8 Å². The Morgan fingerprint density at radius 3 is 2.28 bits per heavy atom. The van der Waals surface area contributed by atoms with Crippen LogP contribution in [0.2, 0.25) is 0 Å². The van der Waals surface area contributed by atoms with Crippen molar-refractivity contribution in [2.24, 2.45) is 0 Å². The summed E-state index contributed by atoms with van der Waals surface area (Å²) in [6.45, 7) is 6.47. The average molecular weight is 658 g/mol. The molecule has 12 heteroatoms. The van der Waals surface area contributed by atoms with Crippen molar-refractivity contribution in [3.8, 4) is 5.75 Å². The number of benzene rings is 3. The number of hydrogen-bond donors (Lipinski definition) is 3. The Morgan fingerprint density at radius 2 is 1.63 bits per heavy atom.